The second-order valence-electron chi connectivity index (χ2n) is 3.54. The molecule has 12 heavy (non-hydrogen) atoms. The molecule has 1 heterocycles. The lowest BCUT2D eigenvalue weighted by atomic mass is 10.0. The van der Waals surface area contributed by atoms with Crippen molar-refractivity contribution >= 4 is 0 Å². The van der Waals surface area contributed by atoms with Gasteiger partial charge in [0.2, 0.25) is 0 Å². The summed E-state index contributed by atoms with van der Waals surface area (Å²) in [4.78, 5) is 2.42. The third kappa shape index (κ3) is 1.05. The van der Waals surface area contributed by atoms with Crippen molar-refractivity contribution in [2.45, 2.75) is 25.9 Å². The lowest BCUT2D eigenvalue weighted by molar-refractivity contribution is 0.262. The van der Waals surface area contributed by atoms with Gasteiger partial charge in [-0.3, -0.25) is 4.90 Å². The number of hydrogen-bond donors (Lipinski definition) is 0. The molecule has 1 aliphatic rings. The van der Waals surface area contributed by atoms with Crippen molar-refractivity contribution in [1.29, 1.82) is 0 Å². The summed E-state index contributed by atoms with van der Waals surface area (Å²) in [5.74, 6) is 0. The van der Waals surface area contributed by atoms with Crippen LogP contribution in [0.25, 0.3) is 0 Å². The standard InChI is InChI=1S/C11H15N/c1-3-11-10-7-5-4-6-9(10)8-12(11)2/h4-7,11H,3,8H2,1-2H3/t11-/m1/s1. The summed E-state index contributed by atoms with van der Waals surface area (Å²) in [5, 5.41) is 0. The Morgan fingerprint density at radius 2 is 2.17 bits per heavy atom. The van der Waals surface area contributed by atoms with Gasteiger partial charge >= 0.3 is 0 Å². The molecule has 64 valence electrons. The monoisotopic (exact) mass is 161 g/mol. The Morgan fingerprint density at radius 3 is 2.92 bits per heavy atom. The molecule has 1 aliphatic heterocycles. The molecule has 1 aromatic rings. The first kappa shape index (κ1) is 7.81. The van der Waals surface area contributed by atoms with Gasteiger partial charge in [0.25, 0.3) is 0 Å². The van der Waals surface area contributed by atoms with Crippen molar-refractivity contribution in [1.82, 2.24) is 4.90 Å². The van der Waals surface area contributed by atoms with E-state index in [0.717, 1.165) is 6.54 Å². The predicted octanol–water partition coefficient (Wildman–Crippen LogP) is 2.58. The average Bonchev–Trinajstić information content (AvgIpc) is 2.40. The second kappa shape index (κ2) is 2.91. The van der Waals surface area contributed by atoms with Crippen LogP contribution in [0.3, 0.4) is 0 Å². The van der Waals surface area contributed by atoms with Crippen LogP contribution in [0.5, 0.6) is 0 Å². The van der Waals surface area contributed by atoms with E-state index >= 15 is 0 Å². The minimum Gasteiger partial charge on any atom is -0.295 e. The number of nitrogens with zero attached hydrogens (tertiary/aromatic N) is 1. The van der Waals surface area contributed by atoms with Gasteiger partial charge < -0.3 is 0 Å². The average molecular weight is 161 g/mol. The normalized spacial score (nSPS) is 22.7. The zero-order chi connectivity index (χ0) is 8.55. The predicted molar refractivity (Wildman–Crippen MR) is 50.9 cm³/mol. The summed E-state index contributed by atoms with van der Waals surface area (Å²) in [5.41, 5.74) is 3.04. The molecular weight excluding hydrogens is 146 g/mol. The lowest BCUT2D eigenvalue weighted by Crippen LogP contribution is -2.15. The van der Waals surface area contributed by atoms with Crippen LogP contribution in [0.4, 0.5) is 0 Å². The highest BCUT2D eigenvalue weighted by atomic mass is 15.1. The Balaban J connectivity index is 2.40. The maximum atomic E-state index is 2.42. The molecule has 2 rings (SSSR count). The summed E-state index contributed by atoms with van der Waals surface area (Å²) in [6, 6.07) is 9.42. The Hall–Kier alpha value is -0.820. The van der Waals surface area contributed by atoms with Crippen LogP contribution in [-0.2, 0) is 6.54 Å². The van der Waals surface area contributed by atoms with E-state index in [4.69, 9.17) is 0 Å². The van der Waals surface area contributed by atoms with Crippen LogP contribution in [0.2, 0.25) is 0 Å². The van der Waals surface area contributed by atoms with Gasteiger partial charge in [0, 0.05) is 12.6 Å². The highest BCUT2D eigenvalue weighted by Gasteiger charge is 2.24. The molecule has 1 nitrogen and oxygen atoms in total. The first-order chi connectivity index (χ1) is 5.83. The summed E-state index contributed by atoms with van der Waals surface area (Å²) in [7, 11) is 2.20. The number of benzene rings is 1. The van der Waals surface area contributed by atoms with E-state index in [2.05, 4.69) is 43.1 Å². The van der Waals surface area contributed by atoms with E-state index in [1.165, 1.54) is 17.5 Å². The van der Waals surface area contributed by atoms with Gasteiger partial charge in [0.05, 0.1) is 0 Å². The minimum atomic E-state index is 0.654. The number of rotatable bonds is 1. The van der Waals surface area contributed by atoms with Crippen molar-refractivity contribution in [3.8, 4) is 0 Å². The molecule has 1 heteroatoms. The Kier molecular flexibility index (Phi) is 1.89. The summed E-state index contributed by atoms with van der Waals surface area (Å²) in [6.07, 6.45) is 1.22. The second-order valence-corrected chi connectivity index (χ2v) is 3.54. The molecule has 0 unspecified atom stereocenters. The molecule has 0 saturated carbocycles. The topological polar surface area (TPSA) is 3.24 Å². The van der Waals surface area contributed by atoms with Crippen LogP contribution in [-0.4, -0.2) is 11.9 Å². The Morgan fingerprint density at radius 1 is 1.42 bits per heavy atom. The molecule has 1 aromatic carbocycles. The number of fused-ring (bicyclic) bond motifs is 1. The van der Waals surface area contributed by atoms with Crippen molar-refractivity contribution < 1.29 is 0 Å². The minimum absolute atomic E-state index is 0.654. The van der Waals surface area contributed by atoms with Gasteiger partial charge in [-0.2, -0.15) is 0 Å². The molecule has 0 spiro atoms. The first-order valence-corrected chi connectivity index (χ1v) is 4.61. The fourth-order valence-corrected chi connectivity index (χ4v) is 2.15. The van der Waals surface area contributed by atoms with Crippen LogP contribution < -0.4 is 0 Å². The molecule has 0 aliphatic carbocycles. The molecule has 0 aromatic heterocycles. The highest BCUT2D eigenvalue weighted by molar-refractivity contribution is 5.33. The van der Waals surface area contributed by atoms with Gasteiger partial charge in [-0.1, -0.05) is 31.2 Å². The fourth-order valence-electron chi connectivity index (χ4n) is 2.15. The first-order valence-electron chi connectivity index (χ1n) is 4.61. The van der Waals surface area contributed by atoms with Gasteiger partial charge in [0.15, 0.2) is 0 Å². The van der Waals surface area contributed by atoms with Gasteiger partial charge in [-0.15, -0.1) is 0 Å². The molecule has 0 bridgehead atoms. The van der Waals surface area contributed by atoms with E-state index in [0.29, 0.717) is 6.04 Å². The van der Waals surface area contributed by atoms with Gasteiger partial charge in [-0.25, -0.2) is 0 Å². The van der Waals surface area contributed by atoms with E-state index in [-0.39, 0.29) is 0 Å². The zero-order valence-electron chi connectivity index (χ0n) is 7.75. The van der Waals surface area contributed by atoms with Crippen molar-refractivity contribution in [3.05, 3.63) is 35.4 Å². The Bertz CT molecular complexity index is 280. The largest absolute Gasteiger partial charge is 0.295 e. The fraction of sp³-hybridized carbons (Fsp3) is 0.455. The van der Waals surface area contributed by atoms with Gasteiger partial charge in [0.1, 0.15) is 0 Å². The van der Waals surface area contributed by atoms with Crippen LogP contribution in [0.15, 0.2) is 24.3 Å². The Labute approximate surface area is 74.0 Å². The van der Waals surface area contributed by atoms with E-state index in [1.807, 2.05) is 0 Å². The third-order valence-corrected chi connectivity index (χ3v) is 2.75. The highest BCUT2D eigenvalue weighted by Crippen LogP contribution is 2.33. The summed E-state index contributed by atoms with van der Waals surface area (Å²) < 4.78 is 0. The quantitative estimate of drug-likeness (QED) is 0.612. The number of hydrogen-bond acceptors (Lipinski definition) is 1. The SMILES string of the molecule is CC[C@@H]1c2ccccc2CN1C. The van der Waals surface area contributed by atoms with Crippen molar-refractivity contribution in [2.24, 2.45) is 0 Å². The maximum Gasteiger partial charge on any atom is 0.0349 e. The molecule has 1 atom stereocenters. The van der Waals surface area contributed by atoms with Crippen molar-refractivity contribution in [3.63, 3.8) is 0 Å². The molecule has 0 amide bonds. The van der Waals surface area contributed by atoms with Crippen LogP contribution in [0, 0.1) is 0 Å². The summed E-state index contributed by atoms with van der Waals surface area (Å²) in [6.45, 7) is 3.37. The summed E-state index contributed by atoms with van der Waals surface area (Å²) >= 11 is 0. The molecule has 0 radical (unpaired) electrons. The van der Waals surface area contributed by atoms with Crippen LogP contribution >= 0.6 is 0 Å². The van der Waals surface area contributed by atoms with Crippen molar-refractivity contribution in [2.75, 3.05) is 7.05 Å². The third-order valence-electron chi connectivity index (χ3n) is 2.75. The smallest absolute Gasteiger partial charge is 0.0349 e. The molecular formula is C11H15N. The van der Waals surface area contributed by atoms with Gasteiger partial charge in [-0.05, 0) is 24.6 Å². The van der Waals surface area contributed by atoms with E-state index < -0.39 is 0 Å². The van der Waals surface area contributed by atoms with E-state index in [9.17, 15) is 0 Å². The molecule has 0 N–H and O–H groups in total. The lowest BCUT2D eigenvalue weighted by Gasteiger charge is -2.17. The van der Waals surface area contributed by atoms with E-state index in [1.54, 1.807) is 0 Å². The van der Waals surface area contributed by atoms with Crippen LogP contribution in [0.1, 0.15) is 30.5 Å². The molecule has 0 fully saturated rings. The zero-order valence-corrected chi connectivity index (χ0v) is 7.75. The molecule has 0 saturated heterocycles. The maximum absolute atomic E-state index is 2.42.